The average Bonchev–Trinajstić information content (AvgIpc) is 2.69. The van der Waals surface area contributed by atoms with Crippen LogP contribution in [0.25, 0.3) is 0 Å². The van der Waals surface area contributed by atoms with Crippen molar-refractivity contribution in [2.45, 2.75) is 32.9 Å². The van der Waals surface area contributed by atoms with E-state index in [1.54, 1.807) is 11.9 Å². The maximum atomic E-state index is 11.7. The Morgan fingerprint density at radius 3 is 2.94 bits per heavy atom. The Hall–Kier alpha value is -1.43. The highest BCUT2D eigenvalue weighted by molar-refractivity contribution is 5.75. The molecule has 1 aromatic heterocycles. The largest absolute Gasteiger partial charge is 0.338 e. The molecule has 16 heavy (non-hydrogen) atoms. The first-order valence-corrected chi connectivity index (χ1v) is 5.41. The third kappa shape index (κ3) is 4.39. The van der Waals surface area contributed by atoms with Crippen LogP contribution in [-0.2, 0) is 11.3 Å². The molecule has 0 unspecified atom stereocenters. The van der Waals surface area contributed by atoms with Gasteiger partial charge in [-0.1, -0.05) is 13.8 Å². The lowest BCUT2D eigenvalue weighted by Crippen LogP contribution is -2.32. The third-order valence-electron chi connectivity index (χ3n) is 2.17. The molecule has 1 amide bonds. The summed E-state index contributed by atoms with van der Waals surface area (Å²) in [7, 11) is 1.76. The van der Waals surface area contributed by atoms with E-state index in [1.807, 2.05) is 0 Å². The Balaban J connectivity index is 2.25. The molecule has 0 aromatic carbocycles. The van der Waals surface area contributed by atoms with E-state index in [0.29, 0.717) is 31.4 Å². The van der Waals surface area contributed by atoms with Gasteiger partial charge in [-0.25, -0.2) is 4.98 Å². The number of amides is 1. The molecule has 0 bridgehead atoms. The molecule has 90 valence electrons. The minimum atomic E-state index is 0.101. The lowest BCUT2D eigenvalue weighted by atomic mass is 10.3. The van der Waals surface area contributed by atoms with Crippen LogP contribution in [0.15, 0.2) is 6.33 Å². The van der Waals surface area contributed by atoms with Crippen molar-refractivity contribution in [1.82, 2.24) is 25.4 Å². The van der Waals surface area contributed by atoms with Crippen molar-refractivity contribution in [3.05, 3.63) is 12.2 Å². The minimum absolute atomic E-state index is 0.101. The van der Waals surface area contributed by atoms with Gasteiger partial charge >= 0.3 is 0 Å². The quantitative estimate of drug-likeness (QED) is 0.723. The van der Waals surface area contributed by atoms with Crippen LogP contribution < -0.4 is 5.32 Å². The monoisotopic (exact) mass is 225 g/mol. The van der Waals surface area contributed by atoms with Crippen molar-refractivity contribution in [1.29, 1.82) is 0 Å². The van der Waals surface area contributed by atoms with E-state index in [1.165, 1.54) is 6.33 Å². The standard InChI is InChI=1S/C10H19N5O/c1-8(2)11-5-4-10(16)15(3)6-9-12-7-13-14-9/h7-8,11H,4-6H2,1-3H3,(H,12,13,14). The summed E-state index contributed by atoms with van der Waals surface area (Å²) in [6, 6.07) is 0.410. The first kappa shape index (κ1) is 12.6. The zero-order chi connectivity index (χ0) is 12.0. The number of carbonyl (C=O) groups excluding carboxylic acids is 1. The number of H-pyrrole nitrogens is 1. The molecular weight excluding hydrogens is 206 g/mol. The molecule has 6 nitrogen and oxygen atoms in total. The Morgan fingerprint density at radius 1 is 1.62 bits per heavy atom. The van der Waals surface area contributed by atoms with Gasteiger partial charge in [-0.2, -0.15) is 5.10 Å². The van der Waals surface area contributed by atoms with Crippen LogP contribution in [-0.4, -0.2) is 45.6 Å². The fourth-order valence-electron chi connectivity index (χ4n) is 1.28. The van der Waals surface area contributed by atoms with Gasteiger partial charge in [0.05, 0.1) is 6.54 Å². The summed E-state index contributed by atoms with van der Waals surface area (Å²) in [5.41, 5.74) is 0. The van der Waals surface area contributed by atoms with E-state index >= 15 is 0 Å². The average molecular weight is 225 g/mol. The smallest absolute Gasteiger partial charge is 0.223 e. The highest BCUT2D eigenvalue weighted by Crippen LogP contribution is 1.97. The molecule has 0 aliphatic rings. The second-order valence-electron chi connectivity index (χ2n) is 4.04. The van der Waals surface area contributed by atoms with E-state index in [2.05, 4.69) is 34.3 Å². The molecule has 2 N–H and O–H groups in total. The summed E-state index contributed by atoms with van der Waals surface area (Å²) in [6.07, 6.45) is 1.94. The van der Waals surface area contributed by atoms with Crippen molar-refractivity contribution >= 4 is 5.91 Å². The SMILES string of the molecule is CC(C)NCCC(=O)N(C)Cc1ncn[nH]1. The molecule has 0 saturated carbocycles. The van der Waals surface area contributed by atoms with Gasteiger partial charge in [0, 0.05) is 26.1 Å². The van der Waals surface area contributed by atoms with Crippen molar-refractivity contribution in [3.8, 4) is 0 Å². The van der Waals surface area contributed by atoms with Gasteiger partial charge in [-0.05, 0) is 0 Å². The first-order chi connectivity index (χ1) is 7.59. The number of aromatic nitrogens is 3. The van der Waals surface area contributed by atoms with E-state index in [0.717, 1.165) is 0 Å². The van der Waals surface area contributed by atoms with Crippen LogP contribution in [0.2, 0.25) is 0 Å². The maximum Gasteiger partial charge on any atom is 0.223 e. The molecule has 0 fully saturated rings. The summed E-state index contributed by atoms with van der Waals surface area (Å²) >= 11 is 0. The molecule has 1 aromatic rings. The number of hydrogen-bond acceptors (Lipinski definition) is 4. The summed E-state index contributed by atoms with van der Waals surface area (Å²) in [4.78, 5) is 17.3. The van der Waals surface area contributed by atoms with Gasteiger partial charge in [0.25, 0.3) is 0 Å². The van der Waals surface area contributed by atoms with E-state index < -0.39 is 0 Å². The zero-order valence-electron chi connectivity index (χ0n) is 10.0. The fourth-order valence-corrected chi connectivity index (χ4v) is 1.28. The van der Waals surface area contributed by atoms with Crippen molar-refractivity contribution in [3.63, 3.8) is 0 Å². The molecule has 6 heteroatoms. The third-order valence-corrected chi connectivity index (χ3v) is 2.17. The van der Waals surface area contributed by atoms with Crippen molar-refractivity contribution in [2.24, 2.45) is 0 Å². The summed E-state index contributed by atoms with van der Waals surface area (Å²) in [6.45, 7) is 5.29. The second kappa shape index (κ2) is 6.22. The number of hydrogen-bond donors (Lipinski definition) is 2. The first-order valence-electron chi connectivity index (χ1n) is 5.41. The van der Waals surface area contributed by atoms with Crippen LogP contribution >= 0.6 is 0 Å². The van der Waals surface area contributed by atoms with Gasteiger partial charge in [0.2, 0.25) is 5.91 Å². The molecule has 0 aliphatic carbocycles. The lowest BCUT2D eigenvalue weighted by molar-refractivity contribution is -0.130. The van der Waals surface area contributed by atoms with Gasteiger partial charge in [0.1, 0.15) is 12.2 Å². The van der Waals surface area contributed by atoms with Crippen LogP contribution in [0.3, 0.4) is 0 Å². The van der Waals surface area contributed by atoms with Crippen LogP contribution in [0.1, 0.15) is 26.1 Å². The Labute approximate surface area is 95.4 Å². The number of aromatic amines is 1. The molecule has 1 rings (SSSR count). The van der Waals surface area contributed by atoms with E-state index in [4.69, 9.17) is 0 Å². The van der Waals surface area contributed by atoms with Crippen molar-refractivity contribution in [2.75, 3.05) is 13.6 Å². The van der Waals surface area contributed by atoms with E-state index in [-0.39, 0.29) is 5.91 Å². The molecule has 0 spiro atoms. The van der Waals surface area contributed by atoms with Gasteiger partial charge < -0.3 is 10.2 Å². The molecule has 0 aliphatic heterocycles. The van der Waals surface area contributed by atoms with E-state index in [9.17, 15) is 4.79 Å². The predicted molar refractivity (Wildman–Crippen MR) is 60.6 cm³/mol. The topological polar surface area (TPSA) is 73.9 Å². The predicted octanol–water partition coefficient (Wildman–Crippen LogP) is 0.151. The number of carbonyl (C=O) groups is 1. The summed E-state index contributed by atoms with van der Waals surface area (Å²) in [5, 5.41) is 9.67. The molecule has 0 saturated heterocycles. The molecule has 1 heterocycles. The molecular formula is C10H19N5O. The Kier molecular flexibility index (Phi) is 4.91. The van der Waals surface area contributed by atoms with Crippen molar-refractivity contribution < 1.29 is 4.79 Å². The highest BCUT2D eigenvalue weighted by atomic mass is 16.2. The highest BCUT2D eigenvalue weighted by Gasteiger charge is 2.10. The fraction of sp³-hybridized carbons (Fsp3) is 0.700. The maximum absolute atomic E-state index is 11.7. The minimum Gasteiger partial charge on any atom is -0.338 e. The normalized spacial score (nSPS) is 10.8. The molecule has 0 atom stereocenters. The number of nitrogens with zero attached hydrogens (tertiary/aromatic N) is 3. The molecule has 0 radical (unpaired) electrons. The van der Waals surface area contributed by atoms with Crippen LogP contribution in [0.5, 0.6) is 0 Å². The van der Waals surface area contributed by atoms with Crippen LogP contribution in [0, 0.1) is 0 Å². The number of nitrogens with one attached hydrogen (secondary N) is 2. The van der Waals surface area contributed by atoms with Gasteiger partial charge in [-0.15, -0.1) is 0 Å². The lowest BCUT2D eigenvalue weighted by Gasteiger charge is -2.16. The number of rotatable bonds is 6. The van der Waals surface area contributed by atoms with Crippen LogP contribution in [0.4, 0.5) is 0 Å². The zero-order valence-corrected chi connectivity index (χ0v) is 10.0. The Bertz CT molecular complexity index is 309. The summed E-state index contributed by atoms with van der Waals surface area (Å²) in [5.74, 6) is 0.803. The van der Waals surface area contributed by atoms with Gasteiger partial charge in [-0.3, -0.25) is 9.89 Å². The second-order valence-corrected chi connectivity index (χ2v) is 4.04. The van der Waals surface area contributed by atoms with Gasteiger partial charge in [0.15, 0.2) is 0 Å². The summed E-state index contributed by atoms with van der Waals surface area (Å²) < 4.78 is 0. The Morgan fingerprint density at radius 2 is 2.38 bits per heavy atom.